The Balaban J connectivity index is 2.15. The summed E-state index contributed by atoms with van der Waals surface area (Å²) in [6, 6.07) is 0.373. The van der Waals surface area contributed by atoms with Gasteiger partial charge in [0.05, 0.1) is 12.0 Å². The molecule has 0 bridgehead atoms. The molecule has 1 aromatic rings. The van der Waals surface area contributed by atoms with Crippen LogP contribution in [0.5, 0.6) is 0 Å². The van der Waals surface area contributed by atoms with Gasteiger partial charge < -0.3 is 10.3 Å². The largest absolute Gasteiger partial charge is 0.340 e. The highest BCUT2D eigenvalue weighted by atomic mass is 15.0. The molecule has 2 rings (SSSR count). The number of hydrogen-bond acceptors (Lipinski definition) is 2. The summed E-state index contributed by atoms with van der Waals surface area (Å²) in [5.41, 5.74) is 7.21. The Bertz CT molecular complexity index is 305. The highest BCUT2D eigenvalue weighted by Crippen LogP contribution is 2.35. The van der Waals surface area contributed by atoms with Crippen molar-refractivity contribution in [2.24, 2.45) is 18.7 Å². The molecule has 1 aromatic heterocycles. The number of imidazole rings is 1. The molecule has 0 radical (unpaired) electrons. The average molecular weight is 193 g/mol. The molecule has 3 nitrogen and oxygen atoms in total. The van der Waals surface area contributed by atoms with Crippen LogP contribution in [-0.2, 0) is 7.05 Å². The molecule has 78 valence electrons. The van der Waals surface area contributed by atoms with Gasteiger partial charge in [0, 0.05) is 25.2 Å². The average Bonchev–Trinajstić information content (AvgIpc) is 2.56. The molecule has 3 atom stereocenters. The molecule has 1 saturated carbocycles. The van der Waals surface area contributed by atoms with Gasteiger partial charge in [0.15, 0.2) is 0 Å². The summed E-state index contributed by atoms with van der Waals surface area (Å²) in [6.07, 6.45) is 7.51. The van der Waals surface area contributed by atoms with Crippen molar-refractivity contribution in [2.45, 2.75) is 38.1 Å². The summed E-state index contributed by atoms with van der Waals surface area (Å²) < 4.78 is 2.02. The lowest BCUT2D eigenvalue weighted by Gasteiger charge is -2.31. The molecule has 0 spiro atoms. The van der Waals surface area contributed by atoms with Gasteiger partial charge in [-0.3, -0.25) is 0 Å². The maximum atomic E-state index is 6.00. The first-order valence-electron chi connectivity index (χ1n) is 5.40. The zero-order valence-corrected chi connectivity index (χ0v) is 8.98. The van der Waals surface area contributed by atoms with Gasteiger partial charge in [0.25, 0.3) is 0 Å². The number of nitrogens with two attached hydrogens (primary N) is 1. The molecule has 1 fully saturated rings. The normalized spacial score (nSPS) is 33.2. The summed E-state index contributed by atoms with van der Waals surface area (Å²) in [4.78, 5) is 4.43. The van der Waals surface area contributed by atoms with Crippen molar-refractivity contribution >= 4 is 0 Å². The number of nitrogens with zero attached hydrogens (tertiary/aromatic N) is 2. The molecule has 14 heavy (non-hydrogen) atoms. The fourth-order valence-corrected chi connectivity index (χ4v) is 2.39. The number of hydrogen-bond donors (Lipinski definition) is 1. The van der Waals surface area contributed by atoms with E-state index in [2.05, 4.69) is 18.1 Å². The monoisotopic (exact) mass is 193 g/mol. The maximum absolute atomic E-state index is 6.00. The first kappa shape index (κ1) is 9.71. The lowest BCUT2D eigenvalue weighted by atomic mass is 9.77. The van der Waals surface area contributed by atoms with Gasteiger partial charge in [0.2, 0.25) is 0 Å². The van der Waals surface area contributed by atoms with Crippen molar-refractivity contribution in [3.05, 3.63) is 18.2 Å². The van der Waals surface area contributed by atoms with E-state index in [0.717, 1.165) is 12.3 Å². The minimum absolute atomic E-state index is 0.373. The Kier molecular flexibility index (Phi) is 2.59. The third-order valence-corrected chi connectivity index (χ3v) is 3.34. The van der Waals surface area contributed by atoms with Crippen LogP contribution in [0.25, 0.3) is 0 Å². The molecule has 3 heteroatoms. The van der Waals surface area contributed by atoms with Crippen molar-refractivity contribution in [3.63, 3.8) is 0 Å². The zero-order chi connectivity index (χ0) is 10.1. The molecule has 0 saturated heterocycles. The highest BCUT2D eigenvalue weighted by molar-refractivity contribution is 5.08. The summed E-state index contributed by atoms with van der Waals surface area (Å²) in [5.74, 6) is 1.30. The summed E-state index contributed by atoms with van der Waals surface area (Å²) in [5, 5.41) is 0. The molecule has 1 aliphatic rings. The van der Waals surface area contributed by atoms with Gasteiger partial charge in [0.1, 0.15) is 0 Å². The Hall–Kier alpha value is -0.830. The fraction of sp³-hybridized carbons (Fsp3) is 0.727. The standard InChI is InChI=1S/C11H19N3/c1-8-3-4-9(12)5-10(8)11-6-14(2)7-13-11/h6-10H,3-5,12H2,1-2H3. The minimum atomic E-state index is 0.373. The SMILES string of the molecule is CC1CCC(N)CC1c1cn(C)cn1. The van der Waals surface area contributed by atoms with Gasteiger partial charge >= 0.3 is 0 Å². The van der Waals surface area contributed by atoms with Crippen LogP contribution in [-0.4, -0.2) is 15.6 Å². The van der Waals surface area contributed by atoms with Crippen LogP contribution in [0.1, 0.15) is 37.8 Å². The molecule has 0 amide bonds. The second-order valence-corrected chi connectivity index (χ2v) is 4.62. The van der Waals surface area contributed by atoms with E-state index in [1.165, 1.54) is 18.5 Å². The van der Waals surface area contributed by atoms with Crippen molar-refractivity contribution < 1.29 is 0 Å². The number of rotatable bonds is 1. The fourth-order valence-electron chi connectivity index (χ4n) is 2.39. The second kappa shape index (κ2) is 3.73. The summed E-state index contributed by atoms with van der Waals surface area (Å²) in [7, 11) is 2.02. The predicted molar refractivity (Wildman–Crippen MR) is 56.9 cm³/mol. The quantitative estimate of drug-likeness (QED) is 0.737. The lowest BCUT2D eigenvalue weighted by Crippen LogP contribution is -2.31. The van der Waals surface area contributed by atoms with Gasteiger partial charge in [-0.15, -0.1) is 0 Å². The first-order valence-corrected chi connectivity index (χ1v) is 5.40. The van der Waals surface area contributed by atoms with Gasteiger partial charge in [-0.25, -0.2) is 4.98 Å². The van der Waals surface area contributed by atoms with E-state index in [4.69, 9.17) is 5.73 Å². The maximum Gasteiger partial charge on any atom is 0.0946 e. The zero-order valence-electron chi connectivity index (χ0n) is 8.98. The van der Waals surface area contributed by atoms with Crippen molar-refractivity contribution in [1.82, 2.24) is 9.55 Å². The highest BCUT2D eigenvalue weighted by Gasteiger charge is 2.28. The van der Waals surface area contributed by atoms with Crippen molar-refractivity contribution in [1.29, 1.82) is 0 Å². The van der Waals surface area contributed by atoms with Crippen LogP contribution in [0.15, 0.2) is 12.5 Å². The van der Waals surface area contributed by atoms with E-state index >= 15 is 0 Å². The van der Waals surface area contributed by atoms with Crippen LogP contribution in [0.4, 0.5) is 0 Å². The Morgan fingerprint density at radius 2 is 2.29 bits per heavy atom. The van der Waals surface area contributed by atoms with E-state index < -0.39 is 0 Å². The Labute approximate surface area is 85.3 Å². The lowest BCUT2D eigenvalue weighted by molar-refractivity contribution is 0.296. The number of aryl methyl sites for hydroxylation is 1. The molecule has 2 N–H and O–H groups in total. The van der Waals surface area contributed by atoms with Gasteiger partial charge in [-0.2, -0.15) is 0 Å². The third-order valence-electron chi connectivity index (χ3n) is 3.34. The van der Waals surface area contributed by atoms with E-state index in [0.29, 0.717) is 12.0 Å². The van der Waals surface area contributed by atoms with Gasteiger partial charge in [-0.05, 0) is 25.2 Å². The summed E-state index contributed by atoms with van der Waals surface area (Å²) >= 11 is 0. The van der Waals surface area contributed by atoms with E-state index in [1.807, 2.05) is 17.9 Å². The van der Waals surface area contributed by atoms with Crippen LogP contribution in [0, 0.1) is 5.92 Å². The topological polar surface area (TPSA) is 43.8 Å². The predicted octanol–water partition coefficient (Wildman–Crippen LogP) is 1.65. The Morgan fingerprint density at radius 1 is 1.50 bits per heavy atom. The number of aromatic nitrogens is 2. The summed E-state index contributed by atoms with van der Waals surface area (Å²) in [6.45, 7) is 2.31. The molecule has 1 aliphatic carbocycles. The first-order chi connectivity index (χ1) is 6.66. The van der Waals surface area contributed by atoms with Crippen LogP contribution in [0.3, 0.4) is 0 Å². The van der Waals surface area contributed by atoms with Gasteiger partial charge in [-0.1, -0.05) is 6.92 Å². The Morgan fingerprint density at radius 3 is 2.93 bits per heavy atom. The molecule has 1 heterocycles. The van der Waals surface area contributed by atoms with Crippen LogP contribution >= 0.6 is 0 Å². The van der Waals surface area contributed by atoms with Crippen LogP contribution < -0.4 is 5.73 Å². The smallest absolute Gasteiger partial charge is 0.0946 e. The van der Waals surface area contributed by atoms with E-state index in [1.54, 1.807) is 0 Å². The van der Waals surface area contributed by atoms with Crippen molar-refractivity contribution in [3.8, 4) is 0 Å². The molecule has 3 unspecified atom stereocenters. The third kappa shape index (κ3) is 1.82. The van der Waals surface area contributed by atoms with Crippen LogP contribution in [0.2, 0.25) is 0 Å². The van der Waals surface area contributed by atoms with E-state index in [-0.39, 0.29) is 0 Å². The van der Waals surface area contributed by atoms with Crippen molar-refractivity contribution in [2.75, 3.05) is 0 Å². The molecular weight excluding hydrogens is 174 g/mol. The second-order valence-electron chi connectivity index (χ2n) is 4.62. The van der Waals surface area contributed by atoms with E-state index in [9.17, 15) is 0 Å². The molecule has 0 aliphatic heterocycles. The molecular formula is C11H19N3. The minimum Gasteiger partial charge on any atom is -0.340 e. The molecule has 0 aromatic carbocycles.